The number of thiophene rings is 1. The number of hydrogen-bond donors (Lipinski definition) is 0. The molecule has 28 heavy (non-hydrogen) atoms. The van der Waals surface area contributed by atoms with Gasteiger partial charge in [0.25, 0.3) is 0 Å². The topological polar surface area (TPSA) is 60.1 Å². The third-order valence-electron chi connectivity index (χ3n) is 5.37. The van der Waals surface area contributed by atoms with Crippen LogP contribution in [-0.2, 0) is 11.2 Å². The largest absolute Gasteiger partial charge is 0.300 e. The van der Waals surface area contributed by atoms with E-state index in [-0.39, 0.29) is 11.8 Å². The van der Waals surface area contributed by atoms with E-state index in [1.54, 1.807) is 18.3 Å². The molecular weight excluding hydrogens is 368 g/mol. The Bertz CT molecular complexity index is 1110. The van der Waals surface area contributed by atoms with Crippen molar-refractivity contribution in [1.29, 1.82) is 0 Å². The number of benzene rings is 1. The fourth-order valence-corrected chi connectivity index (χ4v) is 5.06. The van der Waals surface area contributed by atoms with Crippen molar-refractivity contribution in [2.45, 2.75) is 53.5 Å². The molecule has 0 bridgehead atoms. The molecule has 0 saturated heterocycles. The van der Waals surface area contributed by atoms with Crippen LogP contribution >= 0.6 is 11.3 Å². The highest BCUT2D eigenvalue weighted by Gasteiger charge is 2.32. The van der Waals surface area contributed by atoms with Gasteiger partial charge in [0, 0.05) is 22.4 Å². The summed E-state index contributed by atoms with van der Waals surface area (Å²) in [5, 5.41) is 9.83. The summed E-state index contributed by atoms with van der Waals surface area (Å²) in [6.07, 6.45) is 1.25. The van der Waals surface area contributed by atoms with Gasteiger partial charge in [-0.3, -0.25) is 14.4 Å². The number of fused-ring (bicyclic) bond motifs is 3. The summed E-state index contributed by atoms with van der Waals surface area (Å²) in [5.74, 6) is 1.67. The predicted octanol–water partition coefficient (Wildman–Crippen LogP) is 4.69. The third-order valence-corrected chi connectivity index (χ3v) is 6.57. The smallest absolute Gasteiger partial charge is 0.163 e. The summed E-state index contributed by atoms with van der Waals surface area (Å²) in [5.41, 5.74) is 5.72. The van der Waals surface area contributed by atoms with Crippen LogP contribution in [0.5, 0.6) is 0 Å². The van der Waals surface area contributed by atoms with E-state index in [9.17, 15) is 4.79 Å². The zero-order valence-electron chi connectivity index (χ0n) is 16.9. The number of ketones is 1. The quantitative estimate of drug-likeness (QED) is 0.647. The molecule has 4 rings (SSSR count). The second-order valence-corrected chi connectivity index (χ2v) is 8.52. The number of rotatable bonds is 4. The van der Waals surface area contributed by atoms with Crippen LogP contribution in [0.2, 0.25) is 0 Å². The summed E-state index contributed by atoms with van der Waals surface area (Å²) in [7, 11) is 0. The summed E-state index contributed by atoms with van der Waals surface area (Å²) < 4.78 is 2.10. The molecule has 2 aromatic heterocycles. The highest BCUT2D eigenvalue weighted by Crippen LogP contribution is 2.39. The van der Waals surface area contributed by atoms with Crippen LogP contribution in [0.3, 0.4) is 0 Å². The van der Waals surface area contributed by atoms with E-state index in [1.165, 1.54) is 16.0 Å². The minimum atomic E-state index is -0.335. The molecule has 3 heterocycles. The van der Waals surface area contributed by atoms with Gasteiger partial charge in [-0.15, -0.1) is 21.5 Å². The number of carbonyl (C=O) groups excluding carboxylic acids is 1. The van der Waals surface area contributed by atoms with Crippen molar-refractivity contribution in [2.75, 3.05) is 0 Å². The molecule has 3 aromatic rings. The molecule has 1 atom stereocenters. The number of aromatic nitrogens is 3. The van der Waals surface area contributed by atoms with Crippen LogP contribution in [-0.4, -0.2) is 26.3 Å². The molecule has 0 aliphatic carbocycles. The molecule has 0 N–H and O–H groups in total. The van der Waals surface area contributed by atoms with Gasteiger partial charge in [-0.25, -0.2) is 0 Å². The van der Waals surface area contributed by atoms with Gasteiger partial charge in [0.15, 0.2) is 5.82 Å². The Labute approximate surface area is 169 Å². The molecule has 0 saturated carbocycles. The van der Waals surface area contributed by atoms with Crippen LogP contribution in [0.1, 0.15) is 65.1 Å². The molecule has 0 spiro atoms. The first-order chi connectivity index (χ1) is 13.4. The summed E-state index contributed by atoms with van der Waals surface area (Å²) in [4.78, 5) is 18.4. The lowest BCUT2D eigenvalue weighted by atomic mass is 9.94. The van der Waals surface area contributed by atoms with E-state index in [1.807, 2.05) is 6.92 Å². The van der Waals surface area contributed by atoms with Crippen LogP contribution in [0, 0.1) is 20.8 Å². The molecule has 5 nitrogen and oxygen atoms in total. The van der Waals surface area contributed by atoms with Gasteiger partial charge < -0.3 is 0 Å². The molecule has 6 heteroatoms. The minimum Gasteiger partial charge on any atom is -0.300 e. The Kier molecular flexibility index (Phi) is 4.75. The standard InChI is InChI=1S/C22H24N4OS/c1-6-16-9-7-8-10-17(16)20-19-13(3)14(4)28-22(19)26-15(5)24-25-21(26)18(23-20)11-12(2)27/h7-10,18H,6,11H2,1-5H3/t18-/m0/s1. The van der Waals surface area contributed by atoms with Gasteiger partial charge in [0.1, 0.15) is 22.7 Å². The van der Waals surface area contributed by atoms with Crippen LogP contribution in [0.15, 0.2) is 29.3 Å². The van der Waals surface area contributed by atoms with E-state index >= 15 is 0 Å². The Morgan fingerprint density at radius 1 is 1.18 bits per heavy atom. The van der Waals surface area contributed by atoms with Crippen LogP contribution < -0.4 is 0 Å². The van der Waals surface area contributed by atoms with E-state index in [2.05, 4.69) is 59.8 Å². The number of aryl methyl sites for hydroxylation is 3. The molecule has 0 radical (unpaired) electrons. The molecule has 1 aliphatic heterocycles. The average Bonchev–Trinajstić information content (AvgIpc) is 3.14. The maximum Gasteiger partial charge on any atom is 0.163 e. The molecule has 0 fully saturated rings. The number of carbonyl (C=O) groups is 1. The second kappa shape index (κ2) is 7.09. The van der Waals surface area contributed by atoms with Gasteiger partial charge in [-0.2, -0.15) is 0 Å². The molecule has 1 aromatic carbocycles. The normalized spacial score (nSPS) is 15.6. The first-order valence-corrected chi connectivity index (χ1v) is 10.4. The van der Waals surface area contributed by atoms with Crippen LogP contribution in [0.25, 0.3) is 5.00 Å². The Balaban J connectivity index is 2.07. The van der Waals surface area contributed by atoms with Gasteiger partial charge in [0.2, 0.25) is 0 Å². The first kappa shape index (κ1) is 18.7. The third kappa shape index (κ3) is 2.92. The zero-order chi connectivity index (χ0) is 20.0. The van der Waals surface area contributed by atoms with E-state index < -0.39 is 0 Å². The van der Waals surface area contributed by atoms with Crippen molar-refractivity contribution in [3.63, 3.8) is 0 Å². The minimum absolute atomic E-state index is 0.0993. The Morgan fingerprint density at radius 2 is 1.93 bits per heavy atom. The van der Waals surface area contributed by atoms with Crippen molar-refractivity contribution in [1.82, 2.24) is 14.8 Å². The average molecular weight is 393 g/mol. The lowest BCUT2D eigenvalue weighted by Gasteiger charge is -2.14. The highest BCUT2D eigenvalue weighted by atomic mass is 32.1. The van der Waals surface area contributed by atoms with Gasteiger partial charge in [-0.05, 0) is 45.2 Å². The highest BCUT2D eigenvalue weighted by molar-refractivity contribution is 7.15. The fourth-order valence-electron chi connectivity index (χ4n) is 3.84. The molecule has 144 valence electrons. The summed E-state index contributed by atoms with van der Waals surface area (Å²) in [6.45, 7) is 10.0. The number of Topliss-reactive ketones (excluding diaryl/α,β-unsaturated/α-hetero) is 1. The monoisotopic (exact) mass is 392 g/mol. The molecule has 1 aliphatic rings. The lowest BCUT2D eigenvalue weighted by molar-refractivity contribution is -0.117. The maximum atomic E-state index is 12.0. The van der Waals surface area contributed by atoms with E-state index in [0.717, 1.165) is 39.9 Å². The predicted molar refractivity (Wildman–Crippen MR) is 113 cm³/mol. The Hall–Kier alpha value is -2.60. The van der Waals surface area contributed by atoms with Crippen molar-refractivity contribution in [2.24, 2.45) is 4.99 Å². The lowest BCUT2D eigenvalue weighted by Crippen LogP contribution is -2.11. The second-order valence-electron chi connectivity index (χ2n) is 7.31. The zero-order valence-corrected chi connectivity index (χ0v) is 17.7. The number of nitrogens with zero attached hydrogens (tertiary/aromatic N) is 4. The van der Waals surface area contributed by atoms with Crippen molar-refractivity contribution in [3.05, 3.63) is 63.0 Å². The molecule has 0 amide bonds. The van der Waals surface area contributed by atoms with Crippen molar-refractivity contribution < 1.29 is 4.79 Å². The molecular formula is C22H24N4OS. The number of aliphatic imine (C=N–C) groups is 1. The summed E-state index contributed by atoms with van der Waals surface area (Å²) in [6, 6.07) is 8.08. The maximum absolute atomic E-state index is 12.0. The molecule has 0 unspecified atom stereocenters. The van der Waals surface area contributed by atoms with E-state index in [0.29, 0.717) is 6.42 Å². The van der Waals surface area contributed by atoms with E-state index in [4.69, 9.17) is 4.99 Å². The van der Waals surface area contributed by atoms with Gasteiger partial charge in [-0.1, -0.05) is 31.2 Å². The van der Waals surface area contributed by atoms with Gasteiger partial charge in [0.05, 0.1) is 5.71 Å². The van der Waals surface area contributed by atoms with Crippen LogP contribution in [0.4, 0.5) is 0 Å². The van der Waals surface area contributed by atoms with Crippen molar-refractivity contribution in [3.8, 4) is 5.00 Å². The number of hydrogen-bond acceptors (Lipinski definition) is 5. The first-order valence-electron chi connectivity index (χ1n) is 9.60. The van der Waals surface area contributed by atoms with Gasteiger partial charge >= 0.3 is 0 Å². The van der Waals surface area contributed by atoms with Crippen molar-refractivity contribution >= 4 is 22.8 Å². The summed E-state index contributed by atoms with van der Waals surface area (Å²) >= 11 is 1.74. The Morgan fingerprint density at radius 3 is 2.64 bits per heavy atom. The SMILES string of the molecule is CCc1ccccc1C1=N[C@@H](CC(C)=O)c2nnc(C)n2-c2sc(C)c(C)c21. The fraction of sp³-hybridized carbons (Fsp3) is 0.364.